The van der Waals surface area contributed by atoms with Crippen molar-refractivity contribution in [2.24, 2.45) is 0 Å². The number of hydrogen-bond acceptors (Lipinski definition) is 6. The second-order valence-corrected chi connectivity index (χ2v) is 9.32. The van der Waals surface area contributed by atoms with Crippen LogP contribution < -0.4 is 9.80 Å². The van der Waals surface area contributed by atoms with Crippen molar-refractivity contribution in [2.45, 2.75) is 6.92 Å². The number of carbonyl (C=O) groups excluding carboxylic acids is 2. The van der Waals surface area contributed by atoms with E-state index in [0.29, 0.717) is 34.7 Å². The van der Waals surface area contributed by atoms with Gasteiger partial charge in [-0.25, -0.2) is 0 Å². The Morgan fingerprint density at radius 2 is 1.81 bits per heavy atom. The van der Waals surface area contributed by atoms with Gasteiger partial charge in [-0.1, -0.05) is 54.3 Å². The first-order valence-corrected chi connectivity index (χ1v) is 11.4. The fraction of sp³-hybridized carbons (Fsp3) is 0.261. The normalized spacial score (nSPS) is 21.9. The molecule has 31 heavy (non-hydrogen) atoms. The van der Waals surface area contributed by atoms with Gasteiger partial charge in [0.25, 0.3) is 11.8 Å². The van der Waals surface area contributed by atoms with Gasteiger partial charge >= 0.3 is 0 Å². The van der Waals surface area contributed by atoms with Crippen LogP contribution in [0.5, 0.6) is 0 Å². The largest absolute Gasteiger partial charge is 0.379 e. The van der Waals surface area contributed by atoms with E-state index in [0.717, 1.165) is 35.6 Å². The number of fused-ring (bicyclic) bond motifs is 1. The molecule has 0 spiro atoms. The molecule has 0 atom stereocenters. The van der Waals surface area contributed by atoms with E-state index in [1.54, 1.807) is 4.90 Å². The minimum atomic E-state index is -0.244. The molecule has 2 saturated heterocycles. The molecule has 0 aromatic heterocycles. The number of aryl methyl sites for hydroxylation is 1. The predicted molar refractivity (Wildman–Crippen MR) is 127 cm³/mol. The van der Waals surface area contributed by atoms with E-state index < -0.39 is 0 Å². The lowest BCUT2D eigenvalue weighted by Gasteiger charge is -2.30. The second kappa shape index (κ2) is 8.20. The molecule has 0 aliphatic carbocycles. The Labute approximate surface area is 190 Å². The van der Waals surface area contributed by atoms with Gasteiger partial charge in [0.15, 0.2) is 4.32 Å². The molecule has 8 heteroatoms. The van der Waals surface area contributed by atoms with E-state index in [2.05, 4.69) is 4.90 Å². The van der Waals surface area contributed by atoms with Crippen LogP contribution in [0.2, 0.25) is 0 Å². The molecule has 6 nitrogen and oxygen atoms in total. The molecular formula is C23H21N3O3S2. The lowest BCUT2D eigenvalue weighted by atomic mass is 10.1. The van der Waals surface area contributed by atoms with Gasteiger partial charge in [0.1, 0.15) is 0 Å². The number of thioether (sulfide) groups is 1. The summed E-state index contributed by atoms with van der Waals surface area (Å²) in [7, 11) is 0. The topological polar surface area (TPSA) is 53.1 Å². The Morgan fingerprint density at radius 3 is 2.58 bits per heavy atom. The van der Waals surface area contributed by atoms with Gasteiger partial charge in [0.2, 0.25) is 0 Å². The van der Waals surface area contributed by atoms with Gasteiger partial charge in [0.05, 0.1) is 41.7 Å². The first-order valence-electron chi connectivity index (χ1n) is 10.1. The summed E-state index contributed by atoms with van der Waals surface area (Å²) < 4.78 is 5.87. The number of carbonyl (C=O) groups is 2. The SMILES string of the molecule is Cc1cccc(N2C(=O)/C(=C3/C(=O)N(CN4CCOCC4)c4ccccc43)SC2=S)c1. The molecule has 2 amide bonds. The third kappa shape index (κ3) is 3.59. The Kier molecular flexibility index (Phi) is 5.39. The highest BCUT2D eigenvalue weighted by Crippen LogP contribution is 2.45. The third-order valence-corrected chi connectivity index (χ3v) is 7.00. The van der Waals surface area contributed by atoms with Gasteiger partial charge in [-0.3, -0.25) is 24.3 Å². The number of hydrogen-bond donors (Lipinski definition) is 0. The molecule has 2 aromatic carbocycles. The van der Waals surface area contributed by atoms with E-state index in [9.17, 15) is 9.59 Å². The number of benzene rings is 2. The average molecular weight is 452 g/mol. The first-order chi connectivity index (χ1) is 15.0. The highest BCUT2D eigenvalue weighted by molar-refractivity contribution is 8.27. The quantitative estimate of drug-likeness (QED) is 0.527. The number of amides is 2. The van der Waals surface area contributed by atoms with E-state index >= 15 is 0 Å². The van der Waals surface area contributed by atoms with Crippen LogP contribution in [0.15, 0.2) is 53.4 Å². The van der Waals surface area contributed by atoms with Crippen molar-refractivity contribution in [2.75, 3.05) is 42.8 Å². The number of morpholine rings is 1. The van der Waals surface area contributed by atoms with E-state index in [1.807, 2.05) is 55.5 Å². The summed E-state index contributed by atoms with van der Waals surface area (Å²) in [6, 6.07) is 15.3. The van der Waals surface area contributed by atoms with Crippen molar-refractivity contribution in [1.29, 1.82) is 0 Å². The Bertz CT molecular complexity index is 1120. The van der Waals surface area contributed by atoms with Crippen LogP contribution in [0, 0.1) is 6.92 Å². The van der Waals surface area contributed by atoms with E-state index in [1.165, 1.54) is 16.7 Å². The fourth-order valence-corrected chi connectivity index (χ4v) is 5.46. The molecule has 2 aromatic rings. The first kappa shape index (κ1) is 20.4. The van der Waals surface area contributed by atoms with Crippen LogP contribution in [0.4, 0.5) is 11.4 Å². The smallest absolute Gasteiger partial charge is 0.271 e. The van der Waals surface area contributed by atoms with E-state index in [-0.39, 0.29) is 11.8 Å². The zero-order valence-corrected chi connectivity index (χ0v) is 18.7. The summed E-state index contributed by atoms with van der Waals surface area (Å²) in [6.07, 6.45) is 0. The highest BCUT2D eigenvalue weighted by atomic mass is 32.2. The number of anilines is 2. The molecule has 0 bridgehead atoms. The molecule has 3 aliphatic rings. The van der Waals surface area contributed by atoms with E-state index in [4.69, 9.17) is 17.0 Å². The van der Waals surface area contributed by atoms with Crippen molar-refractivity contribution in [1.82, 2.24) is 4.90 Å². The lowest BCUT2D eigenvalue weighted by Crippen LogP contribution is -2.45. The van der Waals surface area contributed by atoms with Crippen molar-refractivity contribution in [3.63, 3.8) is 0 Å². The zero-order chi connectivity index (χ0) is 21.5. The number of nitrogens with zero attached hydrogens (tertiary/aromatic N) is 3. The number of para-hydroxylation sites is 1. The minimum Gasteiger partial charge on any atom is -0.379 e. The predicted octanol–water partition coefficient (Wildman–Crippen LogP) is 3.41. The summed E-state index contributed by atoms with van der Waals surface area (Å²) in [5, 5.41) is 0. The molecule has 3 heterocycles. The highest BCUT2D eigenvalue weighted by Gasteiger charge is 2.42. The molecule has 0 radical (unpaired) electrons. The maximum Gasteiger partial charge on any atom is 0.271 e. The maximum absolute atomic E-state index is 13.6. The summed E-state index contributed by atoms with van der Waals surface area (Å²) >= 11 is 6.74. The number of thiocarbonyl (C=S) groups is 1. The van der Waals surface area contributed by atoms with Crippen molar-refractivity contribution >= 4 is 57.1 Å². The summed E-state index contributed by atoms with van der Waals surface area (Å²) in [5.41, 5.74) is 3.82. The molecule has 5 rings (SSSR count). The van der Waals surface area contributed by atoms with Crippen molar-refractivity contribution in [3.8, 4) is 0 Å². The average Bonchev–Trinajstić information content (AvgIpc) is 3.21. The van der Waals surface area contributed by atoms with Gasteiger partial charge in [-0.05, 0) is 30.7 Å². The molecule has 3 aliphatic heterocycles. The molecular weight excluding hydrogens is 430 g/mol. The number of rotatable bonds is 3. The summed E-state index contributed by atoms with van der Waals surface area (Å²) in [6.45, 7) is 5.31. The van der Waals surface area contributed by atoms with Crippen molar-refractivity contribution in [3.05, 3.63) is 64.6 Å². The number of ether oxygens (including phenoxy) is 1. The van der Waals surface area contributed by atoms with Crippen molar-refractivity contribution < 1.29 is 14.3 Å². The molecule has 2 fully saturated rings. The zero-order valence-electron chi connectivity index (χ0n) is 17.0. The lowest BCUT2D eigenvalue weighted by molar-refractivity contribution is -0.115. The minimum absolute atomic E-state index is 0.155. The summed E-state index contributed by atoms with van der Waals surface area (Å²) in [5.74, 6) is -0.399. The fourth-order valence-electron chi connectivity index (χ4n) is 4.09. The molecule has 158 valence electrons. The Balaban J connectivity index is 1.54. The van der Waals surface area contributed by atoms with Crippen LogP contribution in [-0.4, -0.2) is 54.0 Å². The third-order valence-electron chi connectivity index (χ3n) is 5.62. The Morgan fingerprint density at radius 1 is 1.03 bits per heavy atom. The van der Waals surface area contributed by atoms with Gasteiger partial charge < -0.3 is 4.74 Å². The molecule has 0 unspecified atom stereocenters. The standard InChI is InChI=1S/C23H21N3O3S2/c1-15-5-4-6-16(13-15)26-22(28)20(31-23(26)30)19-17-7-2-3-8-18(17)25(21(19)27)14-24-9-11-29-12-10-24/h2-8,13H,9-12,14H2,1H3/b20-19-. The Hall–Kier alpha value is -2.52. The van der Waals surface area contributed by atoms with Gasteiger partial charge in [-0.15, -0.1) is 0 Å². The molecule has 0 N–H and O–H groups in total. The monoisotopic (exact) mass is 451 g/mol. The van der Waals surface area contributed by atoms with Crippen LogP contribution >= 0.6 is 24.0 Å². The van der Waals surface area contributed by atoms with Crippen LogP contribution in [0.3, 0.4) is 0 Å². The van der Waals surface area contributed by atoms with Crippen LogP contribution in [-0.2, 0) is 14.3 Å². The van der Waals surface area contributed by atoms with Gasteiger partial charge in [-0.2, -0.15) is 0 Å². The van der Waals surface area contributed by atoms with Crippen LogP contribution in [0.1, 0.15) is 11.1 Å². The second-order valence-electron chi connectivity index (χ2n) is 7.67. The summed E-state index contributed by atoms with van der Waals surface area (Å²) in [4.78, 5) is 32.9. The molecule has 0 saturated carbocycles. The maximum atomic E-state index is 13.6. The van der Waals surface area contributed by atoms with Gasteiger partial charge in [0, 0.05) is 18.7 Å². The van der Waals surface area contributed by atoms with Crippen LogP contribution in [0.25, 0.3) is 5.57 Å².